The molecule has 2 nitrogen and oxygen atoms in total. The van der Waals surface area contributed by atoms with Crippen molar-refractivity contribution in [2.75, 3.05) is 6.61 Å². The predicted octanol–water partition coefficient (Wildman–Crippen LogP) is 0.774. The van der Waals surface area contributed by atoms with E-state index in [1.807, 2.05) is 0 Å². The van der Waals surface area contributed by atoms with E-state index in [9.17, 15) is 0 Å². The van der Waals surface area contributed by atoms with Gasteiger partial charge in [0.2, 0.25) is 0 Å². The molecule has 2 saturated carbocycles. The number of fused-ring (bicyclic) bond motifs is 2. The molecule has 2 rings (SSSR count). The molecule has 3 N–H and O–H groups in total. The van der Waals surface area contributed by atoms with Crippen molar-refractivity contribution in [1.82, 2.24) is 0 Å². The minimum atomic E-state index is 0. The summed E-state index contributed by atoms with van der Waals surface area (Å²) >= 11 is 0. The normalized spacial score (nSPS) is 47.5. The number of nitrogens with two attached hydrogens (primary N) is 1. The lowest BCUT2D eigenvalue weighted by atomic mass is 9.86. The van der Waals surface area contributed by atoms with Crippen LogP contribution < -0.4 is 5.73 Å². The molecular weight excluding hydrogens is 162 g/mol. The molecule has 2 aliphatic carbocycles. The van der Waals surface area contributed by atoms with Crippen molar-refractivity contribution >= 4 is 12.4 Å². The van der Waals surface area contributed by atoms with Crippen LogP contribution in [0.3, 0.4) is 0 Å². The first-order chi connectivity index (χ1) is 4.83. The van der Waals surface area contributed by atoms with Gasteiger partial charge in [0.15, 0.2) is 0 Å². The first kappa shape index (κ1) is 9.30. The largest absolute Gasteiger partial charge is 0.396 e. The third-order valence-electron chi connectivity index (χ3n) is 3.37. The van der Waals surface area contributed by atoms with Crippen molar-refractivity contribution in [3.63, 3.8) is 0 Å². The summed E-state index contributed by atoms with van der Waals surface area (Å²) in [5.41, 5.74) is 5.91. The fraction of sp³-hybridized carbons (Fsp3) is 1.00. The van der Waals surface area contributed by atoms with Crippen LogP contribution in [0.4, 0.5) is 0 Å². The molecule has 0 aromatic heterocycles. The number of hydrogen-bond acceptors (Lipinski definition) is 2. The van der Waals surface area contributed by atoms with Crippen molar-refractivity contribution in [2.45, 2.75) is 25.3 Å². The van der Waals surface area contributed by atoms with Gasteiger partial charge in [0.05, 0.1) is 0 Å². The minimum Gasteiger partial charge on any atom is -0.396 e. The van der Waals surface area contributed by atoms with Crippen LogP contribution in [0.15, 0.2) is 0 Å². The van der Waals surface area contributed by atoms with E-state index in [0.29, 0.717) is 18.6 Å². The summed E-state index contributed by atoms with van der Waals surface area (Å²) in [6, 6.07) is 0.309. The molecule has 0 saturated heterocycles. The van der Waals surface area contributed by atoms with Crippen LogP contribution in [-0.2, 0) is 0 Å². The average molecular weight is 178 g/mol. The van der Waals surface area contributed by atoms with Gasteiger partial charge in [-0.3, -0.25) is 0 Å². The lowest BCUT2D eigenvalue weighted by molar-refractivity contribution is 0.159. The van der Waals surface area contributed by atoms with Gasteiger partial charge in [-0.05, 0) is 31.1 Å². The molecule has 0 unspecified atom stereocenters. The molecule has 4 atom stereocenters. The Bertz CT molecular complexity index is 140. The van der Waals surface area contributed by atoms with Crippen molar-refractivity contribution in [3.05, 3.63) is 0 Å². The van der Waals surface area contributed by atoms with Crippen LogP contribution in [0.25, 0.3) is 0 Å². The van der Waals surface area contributed by atoms with Crippen molar-refractivity contribution in [3.8, 4) is 0 Å². The zero-order chi connectivity index (χ0) is 7.14. The summed E-state index contributed by atoms with van der Waals surface area (Å²) < 4.78 is 0. The Kier molecular flexibility index (Phi) is 2.79. The van der Waals surface area contributed by atoms with E-state index in [0.717, 1.165) is 11.8 Å². The maximum absolute atomic E-state index is 8.98. The highest BCUT2D eigenvalue weighted by molar-refractivity contribution is 5.85. The molecule has 11 heavy (non-hydrogen) atoms. The fourth-order valence-electron chi connectivity index (χ4n) is 2.73. The molecule has 0 spiro atoms. The van der Waals surface area contributed by atoms with E-state index in [-0.39, 0.29) is 12.4 Å². The van der Waals surface area contributed by atoms with Crippen LogP contribution in [0.1, 0.15) is 19.3 Å². The first-order valence-corrected chi connectivity index (χ1v) is 4.19. The van der Waals surface area contributed by atoms with Crippen LogP contribution in [0.5, 0.6) is 0 Å². The van der Waals surface area contributed by atoms with Gasteiger partial charge in [-0.25, -0.2) is 0 Å². The van der Waals surface area contributed by atoms with Gasteiger partial charge in [0, 0.05) is 18.6 Å². The Hall–Kier alpha value is 0.210. The molecule has 66 valence electrons. The van der Waals surface area contributed by atoms with E-state index in [2.05, 4.69) is 0 Å². The predicted molar refractivity (Wildman–Crippen MR) is 46.6 cm³/mol. The topological polar surface area (TPSA) is 46.2 Å². The molecule has 0 aromatic carbocycles. The van der Waals surface area contributed by atoms with Crippen LogP contribution >= 0.6 is 12.4 Å². The highest BCUT2D eigenvalue weighted by Gasteiger charge is 2.44. The second-order valence-electron chi connectivity index (χ2n) is 3.76. The lowest BCUT2D eigenvalue weighted by Gasteiger charge is -2.25. The smallest absolute Gasteiger partial charge is 0.0476 e. The van der Waals surface area contributed by atoms with E-state index in [4.69, 9.17) is 10.8 Å². The third kappa shape index (κ3) is 1.28. The summed E-state index contributed by atoms with van der Waals surface area (Å²) in [7, 11) is 0. The van der Waals surface area contributed by atoms with Gasteiger partial charge in [0.25, 0.3) is 0 Å². The summed E-state index contributed by atoms with van der Waals surface area (Å²) in [5, 5.41) is 8.98. The van der Waals surface area contributed by atoms with Gasteiger partial charge in [0.1, 0.15) is 0 Å². The number of aliphatic hydroxyl groups is 1. The van der Waals surface area contributed by atoms with Crippen molar-refractivity contribution in [2.24, 2.45) is 23.5 Å². The van der Waals surface area contributed by atoms with Crippen LogP contribution in [0, 0.1) is 17.8 Å². The van der Waals surface area contributed by atoms with E-state index in [1.165, 1.54) is 19.3 Å². The molecule has 0 radical (unpaired) electrons. The summed E-state index contributed by atoms with van der Waals surface area (Å²) in [6.45, 7) is 0.308. The van der Waals surface area contributed by atoms with Crippen molar-refractivity contribution in [1.29, 1.82) is 0 Å². The summed E-state index contributed by atoms with van der Waals surface area (Å²) in [4.78, 5) is 0. The van der Waals surface area contributed by atoms with Crippen LogP contribution in [0.2, 0.25) is 0 Å². The average Bonchev–Trinajstić information content (AvgIpc) is 2.46. The Morgan fingerprint density at radius 3 is 2.27 bits per heavy atom. The second-order valence-corrected chi connectivity index (χ2v) is 3.76. The maximum Gasteiger partial charge on any atom is 0.0476 e. The Balaban J connectivity index is 0.000000605. The van der Waals surface area contributed by atoms with Gasteiger partial charge in [-0.2, -0.15) is 0 Å². The van der Waals surface area contributed by atoms with E-state index < -0.39 is 0 Å². The number of aliphatic hydroxyl groups excluding tert-OH is 1. The number of halogens is 1. The number of hydrogen-bond donors (Lipinski definition) is 2. The van der Waals surface area contributed by atoms with Gasteiger partial charge >= 0.3 is 0 Å². The molecule has 0 heterocycles. The molecule has 2 bridgehead atoms. The molecular formula is C8H16ClNO. The SMILES string of the molecule is Cl.N[C@H]1[C@H]2CC[C@H](C2)[C@@H]1CO. The van der Waals surface area contributed by atoms with Gasteiger partial charge in [-0.15, -0.1) is 12.4 Å². The molecule has 0 amide bonds. The standard InChI is InChI=1S/C8H15NO.ClH/c9-8-6-2-1-5(3-6)7(8)4-10;/h5-8,10H,1-4,9H2;1H/t5-,6+,7+,8+;/m1./s1. The molecule has 3 heteroatoms. The molecule has 2 fully saturated rings. The zero-order valence-corrected chi connectivity index (χ0v) is 7.39. The first-order valence-electron chi connectivity index (χ1n) is 4.19. The van der Waals surface area contributed by atoms with Crippen molar-refractivity contribution < 1.29 is 5.11 Å². The summed E-state index contributed by atoms with van der Waals surface area (Å²) in [6.07, 6.45) is 3.90. The highest BCUT2D eigenvalue weighted by atomic mass is 35.5. The lowest BCUT2D eigenvalue weighted by Crippen LogP contribution is -2.37. The highest BCUT2D eigenvalue weighted by Crippen LogP contribution is 2.47. The third-order valence-corrected chi connectivity index (χ3v) is 3.37. The second kappa shape index (κ2) is 3.30. The van der Waals surface area contributed by atoms with Gasteiger partial charge in [-0.1, -0.05) is 0 Å². The monoisotopic (exact) mass is 177 g/mol. The zero-order valence-electron chi connectivity index (χ0n) is 6.57. The van der Waals surface area contributed by atoms with Gasteiger partial charge < -0.3 is 10.8 Å². The van der Waals surface area contributed by atoms with Crippen LogP contribution in [-0.4, -0.2) is 17.8 Å². The Morgan fingerprint density at radius 2 is 1.91 bits per heavy atom. The maximum atomic E-state index is 8.98. The quantitative estimate of drug-likeness (QED) is 0.622. The minimum absolute atomic E-state index is 0. The summed E-state index contributed by atoms with van der Waals surface area (Å²) in [5.74, 6) is 1.92. The molecule has 0 aromatic rings. The Morgan fingerprint density at radius 1 is 1.27 bits per heavy atom. The van der Waals surface area contributed by atoms with E-state index in [1.54, 1.807) is 0 Å². The molecule has 2 aliphatic rings. The molecule has 0 aliphatic heterocycles. The Labute approximate surface area is 73.6 Å². The number of rotatable bonds is 1. The fourth-order valence-corrected chi connectivity index (χ4v) is 2.73. The van der Waals surface area contributed by atoms with E-state index >= 15 is 0 Å².